The number of hydrogen-bond acceptors (Lipinski definition) is 6. The number of nitrogens with zero attached hydrogens (tertiary/aromatic N) is 1. The molecule has 1 aromatic carbocycles. The molecular formula is C16H21I3N2O6. The average molecular weight is 718 g/mol. The predicted molar refractivity (Wildman–Crippen MR) is 125 cm³/mol. The third-order valence-electron chi connectivity index (χ3n) is 3.50. The summed E-state index contributed by atoms with van der Waals surface area (Å²) in [6.45, 7) is -0.00980. The number of primary amides is 1. The molecule has 0 aliphatic heterocycles. The molecule has 4 N–H and O–H groups in total. The fourth-order valence-electron chi connectivity index (χ4n) is 2.41. The Morgan fingerprint density at radius 3 is 1.89 bits per heavy atom. The van der Waals surface area contributed by atoms with Crippen molar-refractivity contribution in [1.82, 2.24) is 4.90 Å². The second-order valence-corrected chi connectivity index (χ2v) is 9.10. The maximum absolute atomic E-state index is 13.2. The Morgan fingerprint density at radius 2 is 1.48 bits per heavy atom. The Balaban J connectivity index is 3.31. The molecule has 2 unspecified atom stereocenters. The molecule has 1 aromatic rings. The van der Waals surface area contributed by atoms with E-state index in [1.54, 1.807) is 6.07 Å². The van der Waals surface area contributed by atoms with Crippen LogP contribution in [-0.2, 0) is 9.47 Å². The lowest BCUT2D eigenvalue weighted by Crippen LogP contribution is -2.44. The molecule has 2 amide bonds. The van der Waals surface area contributed by atoms with Crippen molar-refractivity contribution in [2.45, 2.75) is 12.2 Å². The number of carbonyl (C=O) groups is 2. The Kier molecular flexibility index (Phi) is 11.2. The van der Waals surface area contributed by atoms with E-state index in [0.717, 1.165) is 0 Å². The maximum Gasteiger partial charge on any atom is 0.256 e. The third kappa shape index (κ3) is 7.18. The molecular weight excluding hydrogens is 697 g/mol. The number of amides is 2. The van der Waals surface area contributed by atoms with Crippen LogP contribution in [-0.4, -0.2) is 79.7 Å². The number of aliphatic hydroxyl groups is 2. The number of nitrogens with two attached hydrogens (primary N) is 1. The summed E-state index contributed by atoms with van der Waals surface area (Å²) in [6, 6.07) is 1.70. The molecule has 1 rings (SSSR count). The van der Waals surface area contributed by atoms with Crippen molar-refractivity contribution >= 4 is 79.6 Å². The normalized spacial score (nSPS) is 13.3. The van der Waals surface area contributed by atoms with Crippen LogP contribution in [0.1, 0.15) is 20.7 Å². The topological polar surface area (TPSA) is 122 Å². The predicted octanol–water partition coefficient (Wildman–Crippen LogP) is 1.06. The molecule has 0 fully saturated rings. The third-order valence-corrected chi connectivity index (χ3v) is 6.28. The van der Waals surface area contributed by atoms with E-state index in [1.165, 1.54) is 19.1 Å². The number of rotatable bonds is 10. The highest BCUT2D eigenvalue weighted by atomic mass is 127. The van der Waals surface area contributed by atoms with Gasteiger partial charge in [0.25, 0.3) is 11.8 Å². The monoisotopic (exact) mass is 718 g/mol. The SMILES string of the molecule is COCC(O)CN(CC(O)COC)C(=O)c1c(I)cc(I)c(C(N)=O)c1I. The van der Waals surface area contributed by atoms with Crippen molar-refractivity contribution in [3.8, 4) is 0 Å². The standard InChI is InChI=1S/C16H21I3N2O6/c1-26-6-8(22)4-21(5-9(23)7-27-2)16(25)13-11(18)3-10(17)12(14(13)19)15(20)24/h3,8-9,22-23H,4-7H2,1-2H3,(H2,20,24). The maximum atomic E-state index is 13.2. The summed E-state index contributed by atoms with van der Waals surface area (Å²) in [7, 11) is 2.89. The van der Waals surface area contributed by atoms with Gasteiger partial charge in [0.2, 0.25) is 0 Å². The molecule has 0 bridgehead atoms. The van der Waals surface area contributed by atoms with E-state index in [9.17, 15) is 19.8 Å². The molecule has 0 spiro atoms. The van der Waals surface area contributed by atoms with E-state index in [2.05, 4.69) is 0 Å². The summed E-state index contributed by atoms with van der Waals surface area (Å²) >= 11 is 5.94. The Morgan fingerprint density at radius 1 is 1.04 bits per heavy atom. The molecule has 152 valence electrons. The summed E-state index contributed by atoms with van der Waals surface area (Å²) in [5, 5.41) is 20.1. The molecule has 11 heteroatoms. The lowest BCUT2D eigenvalue weighted by atomic mass is 10.1. The van der Waals surface area contributed by atoms with Crippen molar-refractivity contribution in [1.29, 1.82) is 0 Å². The van der Waals surface area contributed by atoms with E-state index < -0.39 is 24.0 Å². The number of halogens is 3. The van der Waals surface area contributed by atoms with Crippen molar-refractivity contribution in [3.05, 3.63) is 27.9 Å². The smallest absolute Gasteiger partial charge is 0.256 e. The van der Waals surface area contributed by atoms with Crippen LogP contribution in [0.3, 0.4) is 0 Å². The van der Waals surface area contributed by atoms with Crippen LogP contribution < -0.4 is 5.73 Å². The first-order valence-electron chi connectivity index (χ1n) is 7.74. The van der Waals surface area contributed by atoms with Gasteiger partial charge >= 0.3 is 0 Å². The van der Waals surface area contributed by atoms with E-state index in [4.69, 9.17) is 15.2 Å². The second-order valence-electron chi connectivity index (χ2n) is 5.70. The molecule has 2 atom stereocenters. The summed E-state index contributed by atoms with van der Waals surface area (Å²) in [5.74, 6) is -1.05. The molecule has 0 aliphatic rings. The molecule has 0 saturated carbocycles. The van der Waals surface area contributed by atoms with Crippen LogP contribution in [0.15, 0.2) is 6.07 Å². The minimum Gasteiger partial charge on any atom is -0.389 e. The lowest BCUT2D eigenvalue weighted by molar-refractivity contribution is 0.00756. The molecule has 0 aliphatic carbocycles. The highest BCUT2D eigenvalue weighted by Gasteiger charge is 2.28. The van der Waals surface area contributed by atoms with E-state index >= 15 is 0 Å². The van der Waals surface area contributed by atoms with Crippen LogP contribution in [0.2, 0.25) is 0 Å². The quantitative estimate of drug-likeness (QED) is 0.312. The highest BCUT2D eigenvalue weighted by molar-refractivity contribution is 14.1. The van der Waals surface area contributed by atoms with Crippen LogP contribution >= 0.6 is 67.8 Å². The van der Waals surface area contributed by atoms with E-state index in [1.807, 2.05) is 67.8 Å². The van der Waals surface area contributed by atoms with E-state index in [0.29, 0.717) is 16.3 Å². The molecule has 0 heterocycles. The van der Waals surface area contributed by atoms with Crippen LogP contribution in [0.25, 0.3) is 0 Å². The van der Waals surface area contributed by atoms with Crippen LogP contribution in [0.4, 0.5) is 0 Å². The fraction of sp³-hybridized carbons (Fsp3) is 0.500. The highest BCUT2D eigenvalue weighted by Crippen LogP contribution is 2.28. The van der Waals surface area contributed by atoms with Crippen molar-refractivity contribution < 1.29 is 29.3 Å². The fourth-order valence-corrected chi connectivity index (χ4v) is 6.77. The molecule has 27 heavy (non-hydrogen) atoms. The Hall–Kier alpha value is 0.190. The number of carbonyl (C=O) groups excluding carboxylic acids is 2. The van der Waals surface area contributed by atoms with Crippen molar-refractivity contribution in [3.63, 3.8) is 0 Å². The lowest BCUT2D eigenvalue weighted by Gasteiger charge is -2.28. The first-order chi connectivity index (χ1) is 12.6. The molecule has 8 nitrogen and oxygen atoms in total. The summed E-state index contributed by atoms with van der Waals surface area (Å²) in [6.07, 6.45) is -1.85. The first kappa shape index (κ1) is 25.2. The largest absolute Gasteiger partial charge is 0.389 e. The van der Waals surface area contributed by atoms with Gasteiger partial charge in [-0.3, -0.25) is 9.59 Å². The zero-order valence-electron chi connectivity index (χ0n) is 14.7. The number of ether oxygens (including phenoxy) is 2. The van der Waals surface area contributed by atoms with Gasteiger partial charge in [0.15, 0.2) is 0 Å². The zero-order chi connectivity index (χ0) is 20.7. The Labute approximate surface area is 198 Å². The second kappa shape index (κ2) is 12.0. The average Bonchev–Trinajstić information content (AvgIpc) is 2.53. The van der Waals surface area contributed by atoms with Gasteiger partial charge in [0.1, 0.15) is 0 Å². The van der Waals surface area contributed by atoms with Gasteiger partial charge in [-0.1, -0.05) is 0 Å². The summed E-state index contributed by atoms with van der Waals surface area (Å²) < 4.78 is 11.6. The zero-order valence-corrected chi connectivity index (χ0v) is 21.2. The van der Waals surface area contributed by atoms with Crippen molar-refractivity contribution in [2.24, 2.45) is 5.73 Å². The summed E-state index contributed by atoms with van der Waals surface area (Å²) in [5.41, 5.74) is 6.04. The molecule has 0 aromatic heterocycles. The first-order valence-corrected chi connectivity index (χ1v) is 11.0. The van der Waals surface area contributed by atoms with E-state index in [-0.39, 0.29) is 31.9 Å². The van der Waals surface area contributed by atoms with Gasteiger partial charge in [-0.2, -0.15) is 0 Å². The van der Waals surface area contributed by atoms with Crippen molar-refractivity contribution in [2.75, 3.05) is 40.5 Å². The van der Waals surface area contributed by atoms with Crippen LogP contribution in [0.5, 0.6) is 0 Å². The number of methoxy groups -OCH3 is 2. The minimum atomic E-state index is -0.927. The number of benzene rings is 1. The van der Waals surface area contributed by atoms with Gasteiger partial charge in [0, 0.05) is 38.0 Å². The van der Waals surface area contributed by atoms with Gasteiger partial charge in [-0.05, 0) is 73.8 Å². The number of aliphatic hydroxyl groups excluding tert-OH is 2. The Bertz CT molecular complexity index is 675. The molecule has 0 radical (unpaired) electrons. The van der Waals surface area contributed by atoms with Gasteiger partial charge in [0.05, 0.1) is 36.5 Å². The van der Waals surface area contributed by atoms with Gasteiger partial charge in [-0.15, -0.1) is 0 Å². The van der Waals surface area contributed by atoms with Gasteiger partial charge < -0.3 is 30.3 Å². The van der Waals surface area contributed by atoms with Gasteiger partial charge in [-0.25, -0.2) is 0 Å². The van der Waals surface area contributed by atoms with Crippen LogP contribution in [0, 0.1) is 10.7 Å². The number of hydrogen-bond donors (Lipinski definition) is 3. The molecule has 0 saturated heterocycles. The summed E-state index contributed by atoms with van der Waals surface area (Å²) in [4.78, 5) is 26.3. The minimum absolute atomic E-state index is 0.0392.